The molecule has 2 nitrogen and oxygen atoms in total. The zero-order chi connectivity index (χ0) is 8.10. The molecule has 0 aliphatic rings. The fraction of sp³-hybridized carbons (Fsp3) is 0. The third kappa shape index (κ3) is 3.94. The van der Waals surface area contributed by atoms with E-state index < -0.39 is 5.97 Å². The Hall–Kier alpha value is -1.08. The van der Waals surface area contributed by atoms with Crippen LogP contribution in [-0.4, -0.2) is 11.1 Å². The van der Waals surface area contributed by atoms with Gasteiger partial charge in [0.25, 0.3) is 0 Å². The summed E-state index contributed by atoms with van der Waals surface area (Å²) in [6.07, 6.45) is 2.68. The Morgan fingerprint density at radius 1 is 1.25 bits per heavy atom. The summed E-state index contributed by atoms with van der Waals surface area (Å²) in [5.74, 6) is -0.922. The van der Waals surface area contributed by atoms with Crippen molar-refractivity contribution in [3.8, 4) is 0 Å². The van der Waals surface area contributed by atoms with Crippen LogP contribution in [0.15, 0.2) is 36.4 Å². The fourth-order valence-electron chi connectivity index (χ4n) is 0.732. The maximum atomic E-state index is 10.1. The van der Waals surface area contributed by atoms with Crippen molar-refractivity contribution >= 4 is 12.0 Å². The molecular weight excluding hydrogens is 199 g/mol. The Morgan fingerprint density at radius 2 is 1.83 bits per heavy atom. The summed E-state index contributed by atoms with van der Waals surface area (Å²) in [6.45, 7) is 0. The summed E-state index contributed by atoms with van der Waals surface area (Å²) in [5.41, 5.74) is 0.898. The van der Waals surface area contributed by atoms with Crippen LogP contribution < -0.4 is 0 Å². The molecule has 0 fully saturated rings. The predicted octanol–water partition coefficient (Wildman–Crippen LogP) is 1.78. The molecule has 0 radical (unpaired) electrons. The van der Waals surface area contributed by atoms with Crippen LogP contribution in [0.2, 0.25) is 0 Å². The van der Waals surface area contributed by atoms with Gasteiger partial charge in [-0.15, -0.1) is 0 Å². The SMILES string of the molecule is O=C(O)C=Cc1ccccc1.[Ni]. The second-order valence-electron chi connectivity index (χ2n) is 2.08. The van der Waals surface area contributed by atoms with E-state index in [-0.39, 0.29) is 16.5 Å². The number of carboxylic acids is 1. The van der Waals surface area contributed by atoms with Crippen molar-refractivity contribution < 1.29 is 26.4 Å². The summed E-state index contributed by atoms with van der Waals surface area (Å²) in [5, 5.41) is 8.29. The van der Waals surface area contributed by atoms with Crippen LogP contribution in [0.3, 0.4) is 0 Å². The van der Waals surface area contributed by atoms with Crippen molar-refractivity contribution in [1.29, 1.82) is 0 Å². The first-order valence-corrected chi connectivity index (χ1v) is 3.25. The molecule has 0 heterocycles. The summed E-state index contributed by atoms with van der Waals surface area (Å²) >= 11 is 0. The summed E-state index contributed by atoms with van der Waals surface area (Å²) in [6, 6.07) is 9.31. The minimum atomic E-state index is -0.922. The number of rotatable bonds is 2. The van der Waals surface area contributed by atoms with Gasteiger partial charge < -0.3 is 5.11 Å². The molecule has 1 aromatic carbocycles. The molecule has 1 aromatic rings. The Balaban J connectivity index is 0.00000121. The first-order valence-electron chi connectivity index (χ1n) is 3.25. The smallest absolute Gasteiger partial charge is 0.328 e. The number of aliphatic carboxylic acids is 1. The number of carboxylic acid groups (broad SMARTS) is 1. The van der Waals surface area contributed by atoms with Gasteiger partial charge in [-0.3, -0.25) is 0 Å². The van der Waals surface area contributed by atoms with Gasteiger partial charge in [-0.1, -0.05) is 30.3 Å². The monoisotopic (exact) mass is 206 g/mol. The van der Waals surface area contributed by atoms with Crippen molar-refractivity contribution in [2.75, 3.05) is 0 Å². The standard InChI is InChI=1S/C9H8O2.Ni/c10-9(11)7-6-8-4-2-1-3-5-8;/h1-7H,(H,10,11);. The van der Waals surface area contributed by atoms with Gasteiger partial charge in [0.05, 0.1) is 0 Å². The molecule has 3 heteroatoms. The average molecular weight is 207 g/mol. The van der Waals surface area contributed by atoms with E-state index in [0.29, 0.717) is 0 Å². The van der Waals surface area contributed by atoms with Gasteiger partial charge in [-0.05, 0) is 11.6 Å². The molecule has 0 unspecified atom stereocenters. The Morgan fingerprint density at radius 3 is 2.33 bits per heavy atom. The largest absolute Gasteiger partial charge is 0.478 e. The number of benzene rings is 1. The van der Waals surface area contributed by atoms with E-state index in [1.54, 1.807) is 6.08 Å². The third-order valence-electron chi connectivity index (χ3n) is 1.22. The molecule has 0 spiro atoms. The quantitative estimate of drug-likeness (QED) is 0.592. The predicted molar refractivity (Wildman–Crippen MR) is 43.1 cm³/mol. The fourth-order valence-corrected chi connectivity index (χ4v) is 0.732. The van der Waals surface area contributed by atoms with Crippen LogP contribution in [0.25, 0.3) is 6.08 Å². The molecule has 0 atom stereocenters. The molecule has 66 valence electrons. The Kier molecular flexibility index (Phi) is 5.06. The van der Waals surface area contributed by atoms with E-state index in [4.69, 9.17) is 5.11 Å². The second-order valence-corrected chi connectivity index (χ2v) is 2.08. The van der Waals surface area contributed by atoms with Gasteiger partial charge in [0.15, 0.2) is 0 Å². The molecule has 12 heavy (non-hydrogen) atoms. The molecule has 0 amide bonds. The van der Waals surface area contributed by atoms with Gasteiger partial charge >= 0.3 is 5.97 Å². The van der Waals surface area contributed by atoms with Crippen LogP contribution >= 0.6 is 0 Å². The van der Waals surface area contributed by atoms with Gasteiger partial charge in [-0.2, -0.15) is 0 Å². The van der Waals surface area contributed by atoms with Crippen molar-refractivity contribution in [2.24, 2.45) is 0 Å². The molecule has 1 N–H and O–H groups in total. The maximum Gasteiger partial charge on any atom is 0.328 e. The molecule has 0 bridgehead atoms. The minimum absolute atomic E-state index is 0. The van der Waals surface area contributed by atoms with Crippen LogP contribution in [0.1, 0.15) is 5.56 Å². The van der Waals surface area contributed by atoms with E-state index >= 15 is 0 Å². The molecule has 0 aromatic heterocycles. The normalized spacial score (nSPS) is 9.33. The van der Waals surface area contributed by atoms with E-state index in [2.05, 4.69) is 0 Å². The Bertz CT molecular complexity index is 267. The van der Waals surface area contributed by atoms with Gasteiger partial charge in [0.2, 0.25) is 0 Å². The molecule has 1 rings (SSSR count). The first-order chi connectivity index (χ1) is 5.29. The minimum Gasteiger partial charge on any atom is -0.478 e. The number of hydrogen-bond acceptors (Lipinski definition) is 1. The first kappa shape index (κ1) is 10.9. The number of carbonyl (C=O) groups is 1. The van der Waals surface area contributed by atoms with Crippen molar-refractivity contribution in [2.45, 2.75) is 0 Å². The molecule has 0 aliphatic carbocycles. The summed E-state index contributed by atoms with van der Waals surface area (Å²) in [7, 11) is 0. The summed E-state index contributed by atoms with van der Waals surface area (Å²) < 4.78 is 0. The molecule has 0 aliphatic heterocycles. The second kappa shape index (κ2) is 5.56. The molecule has 0 saturated carbocycles. The van der Waals surface area contributed by atoms with Gasteiger partial charge in [0, 0.05) is 22.6 Å². The number of hydrogen-bond donors (Lipinski definition) is 1. The van der Waals surface area contributed by atoms with Crippen molar-refractivity contribution in [3.05, 3.63) is 42.0 Å². The zero-order valence-corrected chi connectivity index (χ0v) is 7.20. The van der Waals surface area contributed by atoms with E-state index in [9.17, 15) is 4.79 Å². The van der Waals surface area contributed by atoms with Crippen LogP contribution in [0, 0.1) is 0 Å². The van der Waals surface area contributed by atoms with E-state index in [0.717, 1.165) is 11.6 Å². The van der Waals surface area contributed by atoms with Crippen molar-refractivity contribution in [1.82, 2.24) is 0 Å². The third-order valence-corrected chi connectivity index (χ3v) is 1.22. The molecule has 0 saturated heterocycles. The zero-order valence-electron chi connectivity index (χ0n) is 6.21. The van der Waals surface area contributed by atoms with Crippen LogP contribution in [0.4, 0.5) is 0 Å². The Labute approximate surface area is 80.8 Å². The van der Waals surface area contributed by atoms with Crippen LogP contribution in [-0.2, 0) is 21.3 Å². The van der Waals surface area contributed by atoms with E-state index in [1.807, 2.05) is 30.3 Å². The van der Waals surface area contributed by atoms with Crippen molar-refractivity contribution in [3.63, 3.8) is 0 Å². The van der Waals surface area contributed by atoms with Gasteiger partial charge in [-0.25, -0.2) is 4.79 Å². The topological polar surface area (TPSA) is 37.3 Å². The van der Waals surface area contributed by atoms with E-state index in [1.165, 1.54) is 0 Å². The average Bonchev–Trinajstić information content (AvgIpc) is 2.03. The maximum absolute atomic E-state index is 10.1. The van der Waals surface area contributed by atoms with Gasteiger partial charge in [0.1, 0.15) is 0 Å². The summed E-state index contributed by atoms with van der Waals surface area (Å²) in [4.78, 5) is 10.1. The molecular formula is C9H8NiO2. The van der Waals surface area contributed by atoms with Crippen LogP contribution in [0.5, 0.6) is 0 Å².